The molecule has 7 nitrogen and oxygen atoms in total. The molecule has 10 heteroatoms. The number of rotatable bonds is 7. The van der Waals surface area contributed by atoms with Gasteiger partial charge in [-0.3, -0.25) is 9.78 Å². The number of nitrogens with zero attached hydrogens (tertiary/aromatic N) is 4. The topological polar surface area (TPSA) is 72.3 Å². The van der Waals surface area contributed by atoms with E-state index in [2.05, 4.69) is 15.3 Å². The van der Waals surface area contributed by atoms with Crippen molar-refractivity contribution >= 4 is 11.6 Å². The number of hydrogen-bond donors (Lipinski definition) is 1. The minimum absolute atomic E-state index is 0.00886. The van der Waals surface area contributed by atoms with Crippen molar-refractivity contribution in [2.75, 3.05) is 32.6 Å². The molecule has 0 aliphatic heterocycles. The molecule has 0 spiro atoms. The van der Waals surface area contributed by atoms with Crippen LogP contribution in [-0.2, 0) is 6.18 Å². The second-order valence-electron chi connectivity index (χ2n) is 6.72. The summed E-state index contributed by atoms with van der Waals surface area (Å²) in [5.41, 5.74) is -0.234. The highest BCUT2D eigenvalue weighted by atomic mass is 19.4. The first-order valence-electron chi connectivity index (χ1n) is 8.98. The number of carbonyl (C=O) groups is 1. The number of aromatic nitrogens is 3. The van der Waals surface area contributed by atoms with Gasteiger partial charge in [-0.15, -0.1) is 0 Å². The van der Waals surface area contributed by atoms with E-state index in [4.69, 9.17) is 4.74 Å². The van der Waals surface area contributed by atoms with Crippen molar-refractivity contribution < 1.29 is 22.7 Å². The summed E-state index contributed by atoms with van der Waals surface area (Å²) >= 11 is 0. The molecule has 0 aliphatic carbocycles. The van der Waals surface area contributed by atoms with E-state index in [-0.39, 0.29) is 11.3 Å². The first-order valence-corrected chi connectivity index (χ1v) is 8.98. The van der Waals surface area contributed by atoms with E-state index in [9.17, 15) is 18.0 Å². The molecule has 1 amide bonds. The summed E-state index contributed by atoms with van der Waals surface area (Å²) in [7, 11) is 3.82. The molecule has 2 aromatic heterocycles. The molecule has 0 saturated carbocycles. The molecule has 0 atom stereocenters. The van der Waals surface area contributed by atoms with Gasteiger partial charge in [0.15, 0.2) is 0 Å². The maximum absolute atomic E-state index is 12.9. The third-order valence-electron chi connectivity index (χ3n) is 4.07. The van der Waals surface area contributed by atoms with E-state index in [0.29, 0.717) is 24.6 Å². The number of nitrogens with one attached hydrogen (secondary N) is 1. The highest BCUT2D eigenvalue weighted by molar-refractivity contribution is 6.04. The van der Waals surface area contributed by atoms with Gasteiger partial charge in [-0.1, -0.05) is 0 Å². The third kappa shape index (κ3) is 5.57. The highest BCUT2D eigenvalue weighted by Gasteiger charge is 2.32. The van der Waals surface area contributed by atoms with Gasteiger partial charge in [-0.05, 0) is 38.4 Å². The molecular weight excluding hydrogens is 399 g/mol. The van der Waals surface area contributed by atoms with Crippen LogP contribution in [0, 0.1) is 0 Å². The number of halogens is 3. The van der Waals surface area contributed by atoms with Crippen LogP contribution < -0.4 is 10.1 Å². The van der Waals surface area contributed by atoms with Gasteiger partial charge in [0.1, 0.15) is 18.1 Å². The molecule has 0 unspecified atom stereocenters. The van der Waals surface area contributed by atoms with Gasteiger partial charge >= 0.3 is 6.18 Å². The van der Waals surface area contributed by atoms with Gasteiger partial charge in [0.05, 0.1) is 12.0 Å². The number of amides is 1. The molecule has 2 heterocycles. The predicted molar refractivity (Wildman–Crippen MR) is 105 cm³/mol. The number of imidazole rings is 1. The van der Waals surface area contributed by atoms with Crippen molar-refractivity contribution in [2.24, 2.45) is 0 Å². The number of anilines is 1. The fraction of sp³-hybridized carbons (Fsp3) is 0.250. The van der Waals surface area contributed by atoms with E-state index < -0.39 is 17.8 Å². The normalized spacial score (nSPS) is 11.5. The van der Waals surface area contributed by atoms with Crippen molar-refractivity contribution in [1.82, 2.24) is 19.4 Å². The molecule has 0 bridgehead atoms. The number of alkyl halides is 3. The number of benzene rings is 1. The van der Waals surface area contributed by atoms with Gasteiger partial charge in [-0.2, -0.15) is 13.2 Å². The van der Waals surface area contributed by atoms with E-state index in [1.165, 1.54) is 12.1 Å². The molecule has 30 heavy (non-hydrogen) atoms. The average molecular weight is 419 g/mol. The van der Waals surface area contributed by atoms with Gasteiger partial charge in [0, 0.05) is 42.5 Å². The molecule has 0 radical (unpaired) electrons. The Hall–Kier alpha value is -3.40. The van der Waals surface area contributed by atoms with Crippen LogP contribution in [0.3, 0.4) is 0 Å². The smallest absolute Gasteiger partial charge is 0.433 e. The van der Waals surface area contributed by atoms with Crippen molar-refractivity contribution in [3.63, 3.8) is 0 Å². The van der Waals surface area contributed by atoms with Gasteiger partial charge in [0.25, 0.3) is 5.91 Å². The quantitative estimate of drug-likeness (QED) is 0.635. The van der Waals surface area contributed by atoms with Crippen LogP contribution >= 0.6 is 0 Å². The zero-order chi connectivity index (χ0) is 21.7. The van der Waals surface area contributed by atoms with Crippen molar-refractivity contribution in [1.29, 1.82) is 0 Å². The summed E-state index contributed by atoms with van der Waals surface area (Å²) < 4.78 is 46.0. The van der Waals surface area contributed by atoms with E-state index in [0.717, 1.165) is 12.3 Å². The molecule has 0 fully saturated rings. The molecule has 3 aromatic rings. The zero-order valence-electron chi connectivity index (χ0n) is 16.3. The molecule has 3 rings (SSSR count). The van der Waals surface area contributed by atoms with Crippen molar-refractivity contribution in [3.8, 4) is 11.4 Å². The highest BCUT2D eigenvalue weighted by Crippen LogP contribution is 2.29. The molecule has 1 aromatic carbocycles. The largest absolute Gasteiger partial charge is 0.492 e. The van der Waals surface area contributed by atoms with Crippen LogP contribution in [0.15, 0.2) is 55.2 Å². The lowest BCUT2D eigenvalue weighted by Crippen LogP contribution is -2.19. The lowest BCUT2D eigenvalue weighted by Gasteiger charge is -2.14. The lowest BCUT2D eigenvalue weighted by molar-refractivity contribution is -0.141. The van der Waals surface area contributed by atoms with Crippen molar-refractivity contribution in [3.05, 3.63) is 66.5 Å². The monoisotopic (exact) mass is 419 g/mol. The lowest BCUT2D eigenvalue weighted by atomic mass is 10.1. The zero-order valence-corrected chi connectivity index (χ0v) is 16.3. The Morgan fingerprint density at radius 1 is 1.20 bits per heavy atom. The van der Waals surface area contributed by atoms with Crippen molar-refractivity contribution in [2.45, 2.75) is 6.18 Å². The van der Waals surface area contributed by atoms with Crippen LogP contribution in [0.4, 0.5) is 18.9 Å². The molecule has 1 N–H and O–H groups in total. The first-order chi connectivity index (χ1) is 14.2. The van der Waals surface area contributed by atoms with Gasteiger partial charge < -0.3 is 19.5 Å². The Morgan fingerprint density at radius 3 is 2.67 bits per heavy atom. The third-order valence-corrected chi connectivity index (χ3v) is 4.07. The summed E-state index contributed by atoms with van der Waals surface area (Å²) in [5.74, 6) is -0.118. The fourth-order valence-corrected chi connectivity index (χ4v) is 2.57. The Labute approximate surface area is 171 Å². The average Bonchev–Trinajstić information content (AvgIpc) is 3.22. The first kappa shape index (κ1) is 21.3. The maximum Gasteiger partial charge on any atom is 0.433 e. The maximum atomic E-state index is 12.9. The minimum Gasteiger partial charge on any atom is -0.492 e. The summed E-state index contributed by atoms with van der Waals surface area (Å²) in [4.78, 5) is 22.0. The number of ether oxygens (including phenoxy) is 1. The summed E-state index contributed by atoms with van der Waals surface area (Å²) in [6.07, 6.45) is 1.26. The fourth-order valence-electron chi connectivity index (χ4n) is 2.57. The Morgan fingerprint density at radius 2 is 2.00 bits per heavy atom. The standard InChI is InChI=1S/C20H20F3N5O2/c1-27(2)7-8-30-17-10-14(9-16(12-17)28-6-5-24-13-28)19(29)26-15-3-4-25-18(11-15)20(21,22)23/h3-6,9-13H,7-8H2,1-2H3,(H,25,26,29). The number of carbonyl (C=O) groups excluding carboxylic acids is 1. The molecule has 158 valence electrons. The number of likely N-dealkylation sites (N-methyl/N-ethyl adjacent to an activating group) is 1. The summed E-state index contributed by atoms with van der Waals surface area (Å²) in [6, 6.07) is 6.97. The number of hydrogen-bond acceptors (Lipinski definition) is 5. The SMILES string of the molecule is CN(C)CCOc1cc(C(=O)Nc2ccnc(C(F)(F)F)c2)cc(-n2ccnc2)c1. The molecule has 0 saturated heterocycles. The Kier molecular flexibility index (Phi) is 6.36. The molecule has 0 aliphatic rings. The van der Waals surface area contributed by atoms with E-state index in [1.54, 1.807) is 35.4 Å². The predicted octanol–water partition coefficient (Wildman–Crippen LogP) is 3.48. The Balaban J connectivity index is 1.86. The second-order valence-corrected chi connectivity index (χ2v) is 6.72. The van der Waals surface area contributed by atoms with Crippen LogP contribution in [0.25, 0.3) is 5.69 Å². The van der Waals surface area contributed by atoms with Crippen LogP contribution in [-0.4, -0.2) is 52.6 Å². The van der Waals surface area contributed by atoms with E-state index in [1.807, 2.05) is 19.0 Å². The minimum atomic E-state index is -4.60. The second kappa shape index (κ2) is 8.95. The van der Waals surface area contributed by atoms with Crippen LogP contribution in [0.1, 0.15) is 16.1 Å². The van der Waals surface area contributed by atoms with Crippen LogP contribution in [0.2, 0.25) is 0 Å². The summed E-state index contributed by atoms with van der Waals surface area (Å²) in [6.45, 7) is 1.08. The Bertz CT molecular complexity index is 1000. The van der Waals surface area contributed by atoms with Gasteiger partial charge in [-0.25, -0.2) is 4.98 Å². The van der Waals surface area contributed by atoms with Gasteiger partial charge in [0.2, 0.25) is 0 Å². The number of pyridine rings is 1. The summed E-state index contributed by atoms with van der Waals surface area (Å²) in [5, 5.41) is 2.48. The molecular formula is C20H20F3N5O2. The van der Waals surface area contributed by atoms with E-state index >= 15 is 0 Å². The van der Waals surface area contributed by atoms with Crippen LogP contribution in [0.5, 0.6) is 5.75 Å².